The van der Waals surface area contributed by atoms with Crippen molar-refractivity contribution in [3.8, 4) is 0 Å². The minimum atomic E-state index is -3.81. The van der Waals surface area contributed by atoms with E-state index < -0.39 is 14.6 Å². The summed E-state index contributed by atoms with van der Waals surface area (Å²) in [6.45, 7) is 7.29. The number of sulfone groups is 1. The van der Waals surface area contributed by atoms with Gasteiger partial charge in [-0.15, -0.1) is 0 Å². The first-order chi connectivity index (χ1) is 14.7. The molecule has 1 heterocycles. The smallest absolute Gasteiger partial charge is 0.244 e. The fourth-order valence-electron chi connectivity index (χ4n) is 5.03. The van der Waals surface area contributed by atoms with E-state index in [9.17, 15) is 18.0 Å². The fraction of sp³-hybridized carbons (Fsp3) is 0.667. The van der Waals surface area contributed by atoms with Crippen LogP contribution in [-0.2, 0) is 19.4 Å². The number of rotatable bonds is 7. The number of carbonyl (C=O) groups is 2. The summed E-state index contributed by atoms with van der Waals surface area (Å²) >= 11 is 0. The van der Waals surface area contributed by atoms with Gasteiger partial charge in [0.2, 0.25) is 11.8 Å². The molecule has 0 aromatic heterocycles. The topological polar surface area (TPSA) is 83.6 Å². The van der Waals surface area contributed by atoms with Crippen LogP contribution in [0.3, 0.4) is 0 Å². The van der Waals surface area contributed by atoms with Crippen LogP contribution < -0.4 is 5.32 Å². The summed E-state index contributed by atoms with van der Waals surface area (Å²) in [6, 6.07) is 5.44. The molecule has 1 aliphatic carbocycles. The first-order valence-corrected chi connectivity index (χ1v) is 13.1. The van der Waals surface area contributed by atoms with Crippen molar-refractivity contribution in [3.63, 3.8) is 0 Å². The first kappa shape index (κ1) is 23.8. The highest BCUT2D eigenvalue weighted by Gasteiger charge is 2.55. The molecule has 1 saturated heterocycles. The van der Waals surface area contributed by atoms with E-state index in [0.29, 0.717) is 49.4 Å². The SMILES string of the molecule is CCCC(=O)NC[C@H]1CCCN(C(=O)C2(S(=O)(=O)c3cc(C)ccc3C)CCCC2)C1. The minimum Gasteiger partial charge on any atom is -0.356 e. The molecule has 1 atom stereocenters. The molecule has 172 valence electrons. The lowest BCUT2D eigenvalue weighted by Gasteiger charge is -2.39. The third kappa shape index (κ3) is 4.81. The molecule has 31 heavy (non-hydrogen) atoms. The molecule has 3 rings (SSSR count). The molecule has 0 spiro atoms. The molecule has 1 aromatic rings. The highest BCUT2D eigenvalue weighted by atomic mass is 32.2. The quantitative estimate of drug-likeness (QED) is 0.691. The van der Waals surface area contributed by atoms with Crippen molar-refractivity contribution in [3.05, 3.63) is 29.3 Å². The summed E-state index contributed by atoms with van der Waals surface area (Å²) in [5.41, 5.74) is 1.57. The molecule has 0 unspecified atom stereocenters. The Morgan fingerprint density at radius 2 is 1.87 bits per heavy atom. The molecule has 7 heteroatoms. The van der Waals surface area contributed by atoms with Gasteiger partial charge in [-0.25, -0.2) is 8.42 Å². The van der Waals surface area contributed by atoms with Crippen molar-refractivity contribution in [1.29, 1.82) is 0 Å². The van der Waals surface area contributed by atoms with E-state index >= 15 is 0 Å². The summed E-state index contributed by atoms with van der Waals surface area (Å²) in [4.78, 5) is 27.7. The Morgan fingerprint density at radius 3 is 2.55 bits per heavy atom. The summed E-state index contributed by atoms with van der Waals surface area (Å²) in [5, 5.41) is 2.97. The average Bonchev–Trinajstić information content (AvgIpc) is 3.26. The first-order valence-electron chi connectivity index (χ1n) is 11.6. The van der Waals surface area contributed by atoms with Gasteiger partial charge in [-0.3, -0.25) is 9.59 Å². The molecule has 0 bridgehead atoms. The van der Waals surface area contributed by atoms with E-state index in [2.05, 4.69) is 5.32 Å². The zero-order chi connectivity index (χ0) is 22.6. The monoisotopic (exact) mass is 448 g/mol. The second kappa shape index (κ2) is 9.72. The van der Waals surface area contributed by atoms with E-state index in [0.717, 1.165) is 37.7 Å². The minimum absolute atomic E-state index is 0.0377. The molecule has 1 aliphatic heterocycles. The average molecular weight is 449 g/mol. The number of nitrogens with zero attached hydrogens (tertiary/aromatic N) is 1. The second-order valence-electron chi connectivity index (χ2n) is 9.29. The third-order valence-corrected chi connectivity index (χ3v) is 9.45. The molecule has 6 nitrogen and oxygen atoms in total. The lowest BCUT2D eigenvalue weighted by atomic mass is 9.95. The maximum Gasteiger partial charge on any atom is 0.244 e. The number of hydrogen-bond acceptors (Lipinski definition) is 4. The maximum absolute atomic E-state index is 13.9. The van der Waals surface area contributed by atoms with Crippen molar-refractivity contribution < 1.29 is 18.0 Å². The van der Waals surface area contributed by atoms with E-state index in [1.165, 1.54) is 0 Å². The van der Waals surface area contributed by atoms with Crippen LogP contribution in [0.1, 0.15) is 69.4 Å². The molecule has 2 aliphatic rings. The number of amides is 2. The van der Waals surface area contributed by atoms with Crippen molar-refractivity contribution in [1.82, 2.24) is 10.2 Å². The largest absolute Gasteiger partial charge is 0.356 e. The molecule has 1 saturated carbocycles. The van der Waals surface area contributed by atoms with E-state index in [1.807, 2.05) is 26.0 Å². The number of benzene rings is 1. The zero-order valence-corrected chi connectivity index (χ0v) is 19.9. The number of hydrogen-bond donors (Lipinski definition) is 1. The van der Waals surface area contributed by atoms with Gasteiger partial charge in [0.05, 0.1) is 4.90 Å². The van der Waals surface area contributed by atoms with Gasteiger partial charge < -0.3 is 10.2 Å². The predicted octanol–water partition coefficient (Wildman–Crippen LogP) is 3.54. The highest BCUT2D eigenvalue weighted by molar-refractivity contribution is 7.93. The summed E-state index contributed by atoms with van der Waals surface area (Å²) in [5.74, 6) is -0.0356. The van der Waals surface area contributed by atoms with Gasteiger partial charge in [0.15, 0.2) is 14.6 Å². The van der Waals surface area contributed by atoms with E-state index in [1.54, 1.807) is 17.9 Å². The predicted molar refractivity (Wildman–Crippen MR) is 122 cm³/mol. The maximum atomic E-state index is 13.9. The van der Waals surface area contributed by atoms with Crippen molar-refractivity contribution in [2.75, 3.05) is 19.6 Å². The molecular formula is C24H36N2O4S. The van der Waals surface area contributed by atoms with E-state index in [-0.39, 0.29) is 17.7 Å². The third-order valence-electron chi connectivity index (χ3n) is 6.82. The number of nitrogens with one attached hydrogen (secondary N) is 1. The highest BCUT2D eigenvalue weighted by Crippen LogP contribution is 2.43. The van der Waals surface area contributed by atoms with Crippen LogP contribution in [0, 0.1) is 19.8 Å². The Balaban J connectivity index is 1.83. The molecule has 0 radical (unpaired) electrons. The number of aryl methyl sites for hydroxylation is 2. The van der Waals surface area contributed by atoms with Crippen molar-refractivity contribution >= 4 is 21.7 Å². The molecule has 1 aromatic carbocycles. The van der Waals surface area contributed by atoms with E-state index in [4.69, 9.17) is 0 Å². The Labute approximate surface area is 186 Å². The van der Waals surface area contributed by atoms with Gasteiger partial charge in [-0.1, -0.05) is 31.9 Å². The Morgan fingerprint density at radius 1 is 1.16 bits per heavy atom. The lowest BCUT2D eigenvalue weighted by molar-refractivity contribution is -0.135. The molecule has 1 N–H and O–H groups in total. The van der Waals surface area contributed by atoms with Gasteiger partial charge >= 0.3 is 0 Å². The fourth-order valence-corrected chi connectivity index (χ4v) is 7.47. The van der Waals surface area contributed by atoms with Crippen LogP contribution in [-0.4, -0.2) is 49.5 Å². The lowest BCUT2D eigenvalue weighted by Crippen LogP contribution is -2.55. The number of carbonyl (C=O) groups excluding carboxylic acids is 2. The Kier molecular flexibility index (Phi) is 7.45. The summed E-state index contributed by atoms with van der Waals surface area (Å²) < 4.78 is 26.4. The molecular weight excluding hydrogens is 412 g/mol. The standard InChI is InChI=1S/C24H36N2O4S/c1-4-8-22(27)25-16-20-9-7-14-26(17-20)23(28)24(12-5-6-13-24)31(29,30)21-15-18(2)10-11-19(21)3/h10-11,15,20H,4-9,12-14,16-17H2,1-3H3,(H,25,27)/t20-/m1/s1. The molecule has 2 amide bonds. The van der Waals surface area contributed by atoms with Gasteiger partial charge in [-0.2, -0.15) is 0 Å². The van der Waals surface area contributed by atoms with Crippen LogP contribution in [0.5, 0.6) is 0 Å². The zero-order valence-electron chi connectivity index (χ0n) is 19.1. The van der Waals surface area contributed by atoms with Gasteiger partial charge in [0.25, 0.3) is 0 Å². The summed E-state index contributed by atoms with van der Waals surface area (Å²) in [7, 11) is -3.81. The Bertz CT molecular complexity index is 920. The second-order valence-corrected chi connectivity index (χ2v) is 11.5. The van der Waals surface area contributed by atoms with Gasteiger partial charge in [-0.05, 0) is 69.1 Å². The van der Waals surface area contributed by atoms with Gasteiger partial charge in [0, 0.05) is 26.1 Å². The Hall–Kier alpha value is -1.89. The summed E-state index contributed by atoms with van der Waals surface area (Å²) in [6.07, 6.45) is 5.35. The van der Waals surface area contributed by atoms with Crippen LogP contribution in [0.4, 0.5) is 0 Å². The number of piperidine rings is 1. The van der Waals surface area contributed by atoms with Crippen LogP contribution >= 0.6 is 0 Å². The van der Waals surface area contributed by atoms with Crippen molar-refractivity contribution in [2.45, 2.75) is 81.8 Å². The van der Waals surface area contributed by atoms with Crippen LogP contribution in [0.25, 0.3) is 0 Å². The normalized spacial score (nSPS) is 21.1. The van der Waals surface area contributed by atoms with Crippen LogP contribution in [0.15, 0.2) is 23.1 Å². The van der Waals surface area contributed by atoms with Crippen molar-refractivity contribution in [2.24, 2.45) is 5.92 Å². The van der Waals surface area contributed by atoms with Gasteiger partial charge in [0.1, 0.15) is 0 Å². The van der Waals surface area contributed by atoms with Crippen LogP contribution in [0.2, 0.25) is 0 Å². The molecule has 2 fully saturated rings. The number of likely N-dealkylation sites (tertiary alicyclic amines) is 1.